The minimum atomic E-state index is 0.0798. The Morgan fingerprint density at radius 3 is 2.56 bits per heavy atom. The maximum absolute atomic E-state index is 11.8. The van der Waals surface area contributed by atoms with Gasteiger partial charge in [-0.15, -0.1) is 11.6 Å². The van der Waals surface area contributed by atoms with Crippen LogP contribution in [0.1, 0.15) is 30.9 Å². The van der Waals surface area contributed by atoms with Crippen LogP contribution in [0.25, 0.3) is 0 Å². The lowest BCUT2D eigenvalue weighted by atomic mass is 10.1. The van der Waals surface area contributed by atoms with Crippen molar-refractivity contribution >= 4 is 17.5 Å². The summed E-state index contributed by atoms with van der Waals surface area (Å²) in [5, 5.41) is 8.72. The van der Waals surface area contributed by atoms with Gasteiger partial charge in [-0.25, -0.2) is 0 Å². The lowest BCUT2D eigenvalue weighted by Gasteiger charge is -2.22. The first-order valence-corrected chi connectivity index (χ1v) is 6.57. The molecule has 0 N–H and O–H groups in total. The molecule has 0 aliphatic rings. The summed E-state index contributed by atoms with van der Waals surface area (Å²) >= 11 is 5.60. The topological polar surface area (TPSA) is 44.1 Å². The van der Waals surface area contributed by atoms with Crippen LogP contribution in [0.2, 0.25) is 0 Å². The third kappa shape index (κ3) is 4.38. The fourth-order valence-corrected chi connectivity index (χ4v) is 1.87. The maximum Gasteiger partial charge on any atom is 0.224 e. The summed E-state index contributed by atoms with van der Waals surface area (Å²) in [6.45, 7) is 3.35. The highest BCUT2D eigenvalue weighted by Crippen LogP contribution is 2.09. The van der Waals surface area contributed by atoms with E-state index in [0.717, 1.165) is 18.5 Å². The number of benzene rings is 1. The molecule has 1 amide bonds. The molecule has 96 valence electrons. The molecule has 18 heavy (non-hydrogen) atoms. The smallest absolute Gasteiger partial charge is 0.224 e. The van der Waals surface area contributed by atoms with Crippen LogP contribution in [0.15, 0.2) is 24.3 Å². The Bertz CT molecular complexity index is 422. The van der Waals surface area contributed by atoms with E-state index in [0.29, 0.717) is 24.4 Å². The van der Waals surface area contributed by atoms with Crippen LogP contribution in [-0.2, 0) is 11.3 Å². The van der Waals surface area contributed by atoms with Crippen molar-refractivity contribution in [1.82, 2.24) is 4.90 Å². The van der Waals surface area contributed by atoms with E-state index in [4.69, 9.17) is 16.9 Å². The Hall–Kier alpha value is -1.53. The highest BCUT2D eigenvalue weighted by molar-refractivity contribution is 6.18. The van der Waals surface area contributed by atoms with Crippen molar-refractivity contribution in [2.75, 3.05) is 12.4 Å². The SMILES string of the molecule is CCCN(Cc1ccc(C#N)cc1)C(=O)CCCl. The summed E-state index contributed by atoms with van der Waals surface area (Å²) in [6.07, 6.45) is 1.29. The highest BCUT2D eigenvalue weighted by atomic mass is 35.5. The summed E-state index contributed by atoms with van der Waals surface area (Å²) in [4.78, 5) is 13.7. The first-order valence-electron chi connectivity index (χ1n) is 6.04. The van der Waals surface area contributed by atoms with E-state index < -0.39 is 0 Å². The van der Waals surface area contributed by atoms with E-state index in [1.165, 1.54) is 0 Å². The number of carbonyl (C=O) groups excluding carboxylic acids is 1. The molecule has 0 aromatic heterocycles. The number of halogens is 1. The second kappa shape index (κ2) is 7.73. The molecule has 1 aromatic rings. The van der Waals surface area contributed by atoms with Gasteiger partial charge in [-0.2, -0.15) is 5.26 Å². The number of rotatable bonds is 6. The van der Waals surface area contributed by atoms with E-state index in [2.05, 4.69) is 6.07 Å². The van der Waals surface area contributed by atoms with Crippen molar-refractivity contribution < 1.29 is 4.79 Å². The number of hydrogen-bond donors (Lipinski definition) is 0. The summed E-state index contributed by atoms with van der Waals surface area (Å²) in [5.41, 5.74) is 1.67. The molecular weight excluding hydrogens is 248 g/mol. The molecule has 0 unspecified atom stereocenters. The average Bonchev–Trinajstić information content (AvgIpc) is 2.39. The van der Waals surface area contributed by atoms with Crippen molar-refractivity contribution in [1.29, 1.82) is 5.26 Å². The third-order valence-corrected chi connectivity index (χ3v) is 2.80. The zero-order chi connectivity index (χ0) is 13.4. The molecule has 3 nitrogen and oxygen atoms in total. The zero-order valence-electron chi connectivity index (χ0n) is 10.5. The van der Waals surface area contributed by atoms with E-state index >= 15 is 0 Å². The number of carbonyl (C=O) groups is 1. The van der Waals surface area contributed by atoms with Crippen LogP contribution in [0, 0.1) is 11.3 Å². The zero-order valence-corrected chi connectivity index (χ0v) is 11.3. The lowest BCUT2D eigenvalue weighted by Crippen LogP contribution is -2.31. The van der Waals surface area contributed by atoms with Gasteiger partial charge in [0, 0.05) is 25.4 Å². The second-order valence-electron chi connectivity index (χ2n) is 4.06. The molecular formula is C14H17ClN2O. The number of nitrogens with zero attached hydrogens (tertiary/aromatic N) is 2. The van der Waals surface area contributed by atoms with Crippen molar-refractivity contribution in [3.05, 3.63) is 35.4 Å². The van der Waals surface area contributed by atoms with E-state index in [-0.39, 0.29) is 5.91 Å². The summed E-state index contributed by atoms with van der Waals surface area (Å²) < 4.78 is 0. The molecule has 0 spiro atoms. The number of alkyl halides is 1. The Morgan fingerprint density at radius 2 is 2.06 bits per heavy atom. The van der Waals surface area contributed by atoms with E-state index in [1.807, 2.05) is 24.0 Å². The second-order valence-corrected chi connectivity index (χ2v) is 4.44. The van der Waals surface area contributed by atoms with E-state index in [9.17, 15) is 4.79 Å². The Balaban J connectivity index is 2.70. The number of nitriles is 1. The molecule has 1 aromatic carbocycles. The molecule has 0 radical (unpaired) electrons. The lowest BCUT2D eigenvalue weighted by molar-refractivity contribution is -0.131. The quantitative estimate of drug-likeness (QED) is 0.742. The highest BCUT2D eigenvalue weighted by Gasteiger charge is 2.12. The molecule has 1 rings (SSSR count). The number of amides is 1. The molecule has 0 fully saturated rings. The first-order chi connectivity index (χ1) is 8.71. The van der Waals surface area contributed by atoms with Gasteiger partial charge in [0.2, 0.25) is 5.91 Å². The molecule has 0 heterocycles. The van der Waals surface area contributed by atoms with Crippen LogP contribution in [0.5, 0.6) is 0 Å². The molecule has 0 saturated heterocycles. The normalized spacial score (nSPS) is 9.83. The fourth-order valence-electron chi connectivity index (χ4n) is 1.71. The molecule has 4 heteroatoms. The van der Waals surface area contributed by atoms with Gasteiger partial charge in [0.1, 0.15) is 0 Å². The minimum absolute atomic E-state index is 0.0798. The van der Waals surface area contributed by atoms with E-state index in [1.54, 1.807) is 12.1 Å². The van der Waals surface area contributed by atoms with Gasteiger partial charge in [0.15, 0.2) is 0 Å². The van der Waals surface area contributed by atoms with Gasteiger partial charge < -0.3 is 4.90 Å². The van der Waals surface area contributed by atoms with Gasteiger partial charge in [0.25, 0.3) is 0 Å². The largest absolute Gasteiger partial charge is 0.338 e. The van der Waals surface area contributed by atoms with Crippen molar-refractivity contribution in [2.24, 2.45) is 0 Å². The van der Waals surface area contributed by atoms with Crippen LogP contribution < -0.4 is 0 Å². The van der Waals surface area contributed by atoms with Gasteiger partial charge in [-0.1, -0.05) is 19.1 Å². The van der Waals surface area contributed by atoms with Crippen molar-refractivity contribution in [3.8, 4) is 6.07 Å². The third-order valence-electron chi connectivity index (χ3n) is 2.61. The van der Waals surface area contributed by atoms with Gasteiger partial charge >= 0.3 is 0 Å². The van der Waals surface area contributed by atoms with Crippen molar-refractivity contribution in [2.45, 2.75) is 26.3 Å². The summed E-state index contributed by atoms with van der Waals surface area (Å²) in [7, 11) is 0. The standard InChI is InChI=1S/C14H17ClN2O/c1-2-9-17(14(18)7-8-15)11-13-5-3-12(10-16)4-6-13/h3-6H,2,7-9,11H2,1H3. The first kappa shape index (κ1) is 14.5. The summed E-state index contributed by atoms with van der Waals surface area (Å²) in [5.74, 6) is 0.433. The Morgan fingerprint density at radius 1 is 1.39 bits per heavy atom. The van der Waals surface area contributed by atoms with Crippen molar-refractivity contribution in [3.63, 3.8) is 0 Å². The van der Waals surface area contributed by atoms with Gasteiger partial charge in [-0.3, -0.25) is 4.79 Å². The fraction of sp³-hybridized carbons (Fsp3) is 0.429. The van der Waals surface area contributed by atoms with Gasteiger partial charge in [0.05, 0.1) is 11.6 Å². The molecule has 0 saturated carbocycles. The number of hydrogen-bond acceptors (Lipinski definition) is 2. The monoisotopic (exact) mass is 264 g/mol. The van der Waals surface area contributed by atoms with Crippen LogP contribution in [0.4, 0.5) is 0 Å². The molecule has 0 atom stereocenters. The predicted octanol–water partition coefficient (Wildman–Crippen LogP) is 2.93. The summed E-state index contributed by atoms with van der Waals surface area (Å²) in [6, 6.07) is 9.38. The Labute approximate surface area is 113 Å². The molecule has 0 aliphatic heterocycles. The Kier molecular flexibility index (Phi) is 6.24. The average molecular weight is 265 g/mol. The van der Waals surface area contributed by atoms with Gasteiger partial charge in [-0.05, 0) is 24.1 Å². The molecule has 0 aliphatic carbocycles. The predicted molar refractivity (Wildman–Crippen MR) is 72.2 cm³/mol. The molecule has 0 bridgehead atoms. The minimum Gasteiger partial charge on any atom is -0.338 e. The van der Waals surface area contributed by atoms with Crippen LogP contribution in [-0.4, -0.2) is 23.2 Å². The van der Waals surface area contributed by atoms with Crippen LogP contribution >= 0.6 is 11.6 Å². The van der Waals surface area contributed by atoms with Crippen LogP contribution in [0.3, 0.4) is 0 Å². The maximum atomic E-state index is 11.8.